The molecule has 0 aromatic heterocycles. The third kappa shape index (κ3) is 2.20. The minimum absolute atomic E-state index is 0.173. The van der Waals surface area contributed by atoms with E-state index in [1.807, 2.05) is 19.1 Å². The second-order valence-corrected chi connectivity index (χ2v) is 4.36. The molecule has 0 saturated heterocycles. The summed E-state index contributed by atoms with van der Waals surface area (Å²) >= 11 is 0. The Morgan fingerprint density at radius 2 is 1.56 bits per heavy atom. The molecule has 0 heterocycles. The van der Waals surface area contributed by atoms with Crippen molar-refractivity contribution in [1.82, 2.24) is 0 Å². The molecule has 0 unspecified atom stereocenters. The van der Waals surface area contributed by atoms with E-state index in [4.69, 9.17) is 0 Å². The molecule has 2 aromatic carbocycles. The zero-order valence-electron chi connectivity index (χ0n) is 10.3. The molecule has 2 rings (SSSR count). The summed E-state index contributed by atoms with van der Waals surface area (Å²) < 4.78 is 0. The van der Waals surface area contributed by atoms with Crippen molar-refractivity contribution in [3.8, 4) is 11.5 Å². The summed E-state index contributed by atoms with van der Waals surface area (Å²) in [5.74, 6) is -0.630. The number of phenols is 2. The number of rotatable bonds is 2. The maximum atomic E-state index is 12.2. The minimum atomic E-state index is -0.273. The number of phenolic OH excluding ortho intramolecular Hbond substituents is 2. The second-order valence-electron chi connectivity index (χ2n) is 4.36. The molecule has 2 aromatic rings. The van der Waals surface area contributed by atoms with Gasteiger partial charge in [0.05, 0.1) is 0 Å². The number of ketones is 1. The van der Waals surface area contributed by atoms with Crippen LogP contribution in [0.4, 0.5) is 0 Å². The van der Waals surface area contributed by atoms with Gasteiger partial charge < -0.3 is 10.2 Å². The molecule has 92 valence electrons. The largest absolute Gasteiger partial charge is 0.504 e. The lowest BCUT2D eigenvalue weighted by molar-refractivity contribution is 0.103. The van der Waals surface area contributed by atoms with Gasteiger partial charge in [-0.2, -0.15) is 0 Å². The van der Waals surface area contributed by atoms with Gasteiger partial charge in [-0.15, -0.1) is 0 Å². The molecule has 0 bridgehead atoms. The van der Waals surface area contributed by atoms with E-state index >= 15 is 0 Å². The van der Waals surface area contributed by atoms with E-state index in [1.165, 1.54) is 6.07 Å². The molecule has 0 spiro atoms. The van der Waals surface area contributed by atoms with Crippen LogP contribution in [0.2, 0.25) is 0 Å². The summed E-state index contributed by atoms with van der Waals surface area (Å²) in [6.07, 6.45) is 0. The molecule has 0 aliphatic heterocycles. The fraction of sp³-hybridized carbons (Fsp3) is 0.133. The third-order valence-electron chi connectivity index (χ3n) is 2.86. The predicted molar refractivity (Wildman–Crippen MR) is 69.1 cm³/mol. The first-order chi connectivity index (χ1) is 8.49. The van der Waals surface area contributed by atoms with Crippen molar-refractivity contribution < 1.29 is 15.0 Å². The Balaban J connectivity index is 2.43. The number of aryl methyl sites for hydroxylation is 2. The van der Waals surface area contributed by atoms with Gasteiger partial charge in [0.1, 0.15) is 0 Å². The van der Waals surface area contributed by atoms with Crippen LogP contribution in [-0.4, -0.2) is 16.0 Å². The summed E-state index contributed by atoms with van der Waals surface area (Å²) in [4.78, 5) is 12.2. The molecule has 0 radical (unpaired) electrons. The third-order valence-corrected chi connectivity index (χ3v) is 2.86. The average molecular weight is 242 g/mol. The Kier molecular flexibility index (Phi) is 3.06. The van der Waals surface area contributed by atoms with Crippen molar-refractivity contribution >= 4 is 5.78 Å². The SMILES string of the molecule is Cc1ccc(C(=O)c2cc(C)c(O)c(O)c2)cc1. The Morgan fingerprint density at radius 3 is 2.11 bits per heavy atom. The molecular formula is C15H14O3. The Morgan fingerprint density at radius 1 is 0.944 bits per heavy atom. The second kappa shape index (κ2) is 4.53. The van der Waals surface area contributed by atoms with Crippen LogP contribution in [0.3, 0.4) is 0 Å². The lowest BCUT2D eigenvalue weighted by Gasteiger charge is -2.06. The number of carbonyl (C=O) groups is 1. The van der Waals surface area contributed by atoms with Crippen LogP contribution in [0.1, 0.15) is 27.0 Å². The van der Waals surface area contributed by atoms with Crippen molar-refractivity contribution in [3.63, 3.8) is 0 Å². The van der Waals surface area contributed by atoms with Crippen molar-refractivity contribution in [1.29, 1.82) is 0 Å². The van der Waals surface area contributed by atoms with Crippen LogP contribution in [0, 0.1) is 13.8 Å². The van der Waals surface area contributed by atoms with Gasteiger partial charge in [0.2, 0.25) is 0 Å². The van der Waals surface area contributed by atoms with Crippen LogP contribution >= 0.6 is 0 Å². The topological polar surface area (TPSA) is 57.5 Å². The molecule has 0 saturated carbocycles. The summed E-state index contributed by atoms with van der Waals surface area (Å²) in [5, 5.41) is 19.0. The highest BCUT2D eigenvalue weighted by Gasteiger charge is 2.13. The highest BCUT2D eigenvalue weighted by molar-refractivity contribution is 6.09. The van der Waals surface area contributed by atoms with Crippen LogP contribution in [-0.2, 0) is 0 Å². The first kappa shape index (κ1) is 12.2. The fourth-order valence-electron chi connectivity index (χ4n) is 1.76. The lowest BCUT2D eigenvalue weighted by Crippen LogP contribution is -2.01. The minimum Gasteiger partial charge on any atom is -0.504 e. The summed E-state index contributed by atoms with van der Waals surface area (Å²) in [5.41, 5.74) is 2.48. The highest BCUT2D eigenvalue weighted by atomic mass is 16.3. The van der Waals surface area contributed by atoms with Crippen LogP contribution in [0.5, 0.6) is 11.5 Å². The monoisotopic (exact) mass is 242 g/mol. The Labute approximate surface area is 105 Å². The predicted octanol–water partition coefficient (Wildman–Crippen LogP) is 2.95. The standard InChI is InChI=1S/C15H14O3/c1-9-3-5-11(6-4-9)15(18)12-7-10(2)14(17)13(16)8-12/h3-8,16-17H,1-2H3. The van der Waals surface area contributed by atoms with E-state index in [1.54, 1.807) is 25.1 Å². The average Bonchev–Trinajstić information content (AvgIpc) is 2.35. The first-order valence-corrected chi connectivity index (χ1v) is 5.63. The quantitative estimate of drug-likeness (QED) is 0.628. The van der Waals surface area contributed by atoms with Gasteiger partial charge in [-0.3, -0.25) is 4.79 Å². The number of benzene rings is 2. The number of hydrogen-bond donors (Lipinski definition) is 2. The Hall–Kier alpha value is -2.29. The van der Waals surface area contributed by atoms with Crippen LogP contribution < -0.4 is 0 Å². The van der Waals surface area contributed by atoms with E-state index in [0.717, 1.165) is 5.56 Å². The molecular weight excluding hydrogens is 228 g/mol. The molecule has 18 heavy (non-hydrogen) atoms. The smallest absolute Gasteiger partial charge is 0.193 e. The molecule has 0 aliphatic carbocycles. The van der Waals surface area contributed by atoms with Gasteiger partial charge in [0.15, 0.2) is 17.3 Å². The van der Waals surface area contributed by atoms with Gasteiger partial charge in [0.25, 0.3) is 0 Å². The van der Waals surface area contributed by atoms with Crippen molar-refractivity contribution in [3.05, 3.63) is 58.7 Å². The van der Waals surface area contributed by atoms with E-state index in [2.05, 4.69) is 0 Å². The van der Waals surface area contributed by atoms with Gasteiger partial charge in [0, 0.05) is 11.1 Å². The maximum absolute atomic E-state index is 12.2. The van der Waals surface area contributed by atoms with E-state index in [0.29, 0.717) is 16.7 Å². The maximum Gasteiger partial charge on any atom is 0.193 e. The number of carbonyl (C=O) groups excluding carboxylic acids is 1. The zero-order valence-corrected chi connectivity index (χ0v) is 10.3. The van der Waals surface area contributed by atoms with Crippen molar-refractivity contribution in [2.45, 2.75) is 13.8 Å². The fourth-order valence-corrected chi connectivity index (χ4v) is 1.76. The summed E-state index contributed by atoms with van der Waals surface area (Å²) in [6, 6.07) is 10.1. The molecule has 0 aliphatic rings. The Bertz CT molecular complexity index is 575. The van der Waals surface area contributed by atoms with Gasteiger partial charge in [-0.25, -0.2) is 0 Å². The summed E-state index contributed by atoms with van der Waals surface area (Å²) in [6.45, 7) is 3.59. The molecule has 0 fully saturated rings. The molecule has 3 heteroatoms. The lowest BCUT2D eigenvalue weighted by atomic mass is 10.00. The van der Waals surface area contributed by atoms with Gasteiger partial charge >= 0.3 is 0 Å². The van der Waals surface area contributed by atoms with Crippen LogP contribution in [0.25, 0.3) is 0 Å². The van der Waals surface area contributed by atoms with E-state index < -0.39 is 0 Å². The number of aromatic hydroxyl groups is 2. The molecule has 0 atom stereocenters. The number of hydrogen-bond acceptors (Lipinski definition) is 3. The van der Waals surface area contributed by atoms with E-state index in [-0.39, 0.29) is 17.3 Å². The highest BCUT2D eigenvalue weighted by Crippen LogP contribution is 2.30. The molecule has 2 N–H and O–H groups in total. The van der Waals surface area contributed by atoms with Crippen LogP contribution in [0.15, 0.2) is 36.4 Å². The van der Waals surface area contributed by atoms with Gasteiger partial charge in [-0.1, -0.05) is 29.8 Å². The van der Waals surface area contributed by atoms with Crippen molar-refractivity contribution in [2.24, 2.45) is 0 Å². The summed E-state index contributed by atoms with van der Waals surface area (Å²) in [7, 11) is 0. The van der Waals surface area contributed by atoms with Gasteiger partial charge in [-0.05, 0) is 31.5 Å². The van der Waals surface area contributed by atoms with E-state index in [9.17, 15) is 15.0 Å². The van der Waals surface area contributed by atoms with Crippen molar-refractivity contribution in [2.75, 3.05) is 0 Å². The zero-order chi connectivity index (χ0) is 13.3. The normalized spacial score (nSPS) is 10.3. The molecule has 3 nitrogen and oxygen atoms in total. The first-order valence-electron chi connectivity index (χ1n) is 5.63. The molecule has 0 amide bonds.